The number of carboxylic acid groups (broad SMARTS) is 1. The number of aliphatic carboxylic acids is 1. The third kappa shape index (κ3) is 3.37. The lowest BCUT2D eigenvalue weighted by molar-refractivity contribution is -0.145. The van der Waals surface area contributed by atoms with Gasteiger partial charge in [0.05, 0.1) is 5.92 Å². The number of halogens is 1. The van der Waals surface area contributed by atoms with Crippen molar-refractivity contribution in [3.63, 3.8) is 0 Å². The van der Waals surface area contributed by atoms with E-state index in [-0.39, 0.29) is 0 Å². The lowest BCUT2D eigenvalue weighted by atomic mass is 9.94. The molecule has 6 heteroatoms. The van der Waals surface area contributed by atoms with E-state index in [0.717, 1.165) is 16.5 Å². The number of primary amides is 1. The zero-order chi connectivity index (χ0) is 14.7. The number of piperidine rings is 1. The van der Waals surface area contributed by atoms with Gasteiger partial charge in [-0.3, -0.25) is 14.5 Å². The van der Waals surface area contributed by atoms with Crippen molar-refractivity contribution < 1.29 is 14.7 Å². The lowest BCUT2D eigenvalue weighted by Gasteiger charge is -2.35. The summed E-state index contributed by atoms with van der Waals surface area (Å²) in [7, 11) is 0. The SMILES string of the molecule is NC(=O)C(c1ccc(Br)cc1)N1CCCC(C(=O)O)C1. The maximum atomic E-state index is 11.8. The molecule has 2 rings (SSSR count). The minimum atomic E-state index is -0.811. The predicted octanol–water partition coefficient (Wildman–Crippen LogP) is 1.77. The Morgan fingerprint density at radius 3 is 2.55 bits per heavy atom. The fourth-order valence-electron chi connectivity index (χ4n) is 2.64. The zero-order valence-corrected chi connectivity index (χ0v) is 12.5. The second-order valence-electron chi connectivity index (χ2n) is 5.03. The van der Waals surface area contributed by atoms with Crippen LogP contribution in [0.2, 0.25) is 0 Å². The Morgan fingerprint density at radius 2 is 2.00 bits per heavy atom. The van der Waals surface area contributed by atoms with E-state index < -0.39 is 23.8 Å². The number of hydrogen-bond acceptors (Lipinski definition) is 3. The number of carbonyl (C=O) groups excluding carboxylic acids is 1. The Labute approximate surface area is 125 Å². The number of benzene rings is 1. The minimum absolute atomic E-state index is 0.360. The van der Waals surface area contributed by atoms with E-state index in [4.69, 9.17) is 10.8 Å². The highest BCUT2D eigenvalue weighted by Crippen LogP contribution is 2.27. The van der Waals surface area contributed by atoms with Crippen LogP contribution in [0.5, 0.6) is 0 Å². The molecule has 1 aromatic rings. The van der Waals surface area contributed by atoms with Gasteiger partial charge in [0.1, 0.15) is 6.04 Å². The van der Waals surface area contributed by atoms with Crippen molar-refractivity contribution in [3.05, 3.63) is 34.3 Å². The van der Waals surface area contributed by atoms with E-state index in [2.05, 4.69) is 15.9 Å². The summed E-state index contributed by atoms with van der Waals surface area (Å²) in [4.78, 5) is 24.8. The summed E-state index contributed by atoms with van der Waals surface area (Å²) in [5.74, 6) is -1.69. The van der Waals surface area contributed by atoms with Crippen LogP contribution in [0.15, 0.2) is 28.7 Å². The summed E-state index contributed by atoms with van der Waals surface area (Å²) in [6.07, 6.45) is 1.41. The molecule has 1 fully saturated rings. The van der Waals surface area contributed by atoms with Gasteiger partial charge in [-0.2, -0.15) is 0 Å². The highest BCUT2D eigenvalue weighted by molar-refractivity contribution is 9.10. The number of rotatable bonds is 4. The Morgan fingerprint density at radius 1 is 1.35 bits per heavy atom. The van der Waals surface area contributed by atoms with Crippen LogP contribution in [0.1, 0.15) is 24.4 Å². The average Bonchev–Trinajstić information content (AvgIpc) is 2.41. The number of nitrogens with two attached hydrogens (primary N) is 1. The van der Waals surface area contributed by atoms with Crippen LogP contribution < -0.4 is 5.73 Å². The molecule has 2 unspecified atom stereocenters. The Bertz CT molecular complexity index is 504. The van der Waals surface area contributed by atoms with Gasteiger partial charge in [-0.15, -0.1) is 0 Å². The number of amides is 1. The summed E-state index contributed by atoms with van der Waals surface area (Å²) in [5.41, 5.74) is 6.32. The molecule has 1 amide bonds. The molecule has 3 N–H and O–H groups in total. The fourth-order valence-corrected chi connectivity index (χ4v) is 2.91. The Kier molecular flexibility index (Phi) is 4.77. The summed E-state index contributed by atoms with van der Waals surface area (Å²) >= 11 is 3.35. The van der Waals surface area contributed by atoms with E-state index in [0.29, 0.717) is 19.5 Å². The molecule has 0 spiro atoms. The second kappa shape index (κ2) is 6.37. The summed E-state index contributed by atoms with van der Waals surface area (Å²) in [6.45, 7) is 1.05. The average molecular weight is 341 g/mol. The third-order valence-electron chi connectivity index (χ3n) is 3.62. The Balaban J connectivity index is 2.22. The first-order valence-corrected chi connectivity index (χ1v) is 7.30. The van der Waals surface area contributed by atoms with E-state index in [1.165, 1.54) is 0 Å². The molecule has 108 valence electrons. The van der Waals surface area contributed by atoms with Crippen molar-refractivity contribution in [3.8, 4) is 0 Å². The maximum absolute atomic E-state index is 11.8. The van der Waals surface area contributed by atoms with Crippen molar-refractivity contribution in [2.45, 2.75) is 18.9 Å². The molecule has 0 radical (unpaired) electrons. The molecule has 1 saturated heterocycles. The largest absolute Gasteiger partial charge is 0.481 e. The summed E-state index contributed by atoms with van der Waals surface area (Å²) < 4.78 is 0.923. The van der Waals surface area contributed by atoms with Crippen molar-refractivity contribution in [1.82, 2.24) is 4.90 Å². The first-order chi connectivity index (χ1) is 9.49. The first kappa shape index (κ1) is 15.0. The van der Waals surface area contributed by atoms with Gasteiger partial charge in [-0.05, 0) is 37.1 Å². The highest BCUT2D eigenvalue weighted by atomic mass is 79.9. The van der Waals surface area contributed by atoms with Crippen molar-refractivity contribution in [2.75, 3.05) is 13.1 Å². The molecular formula is C14H17BrN2O3. The molecule has 20 heavy (non-hydrogen) atoms. The molecule has 1 heterocycles. The Hall–Kier alpha value is -1.40. The normalized spacial score (nSPS) is 21.4. The number of likely N-dealkylation sites (tertiary alicyclic amines) is 1. The van der Waals surface area contributed by atoms with Gasteiger partial charge in [0.15, 0.2) is 0 Å². The van der Waals surface area contributed by atoms with Crippen LogP contribution in [0.4, 0.5) is 0 Å². The van der Waals surface area contributed by atoms with E-state index in [1.54, 1.807) is 0 Å². The molecule has 1 aromatic carbocycles. The molecule has 1 aliphatic heterocycles. The smallest absolute Gasteiger partial charge is 0.307 e. The maximum Gasteiger partial charge on any atom is 0.307 e. The molecule has 0 aromatic heterocycles. The van der Waals surface area contributed by atoms with Crippen LogP contribution in [0.25, 0.3) is 0 Å². The van der Waals surface area contributed by atoms with Crippen molar-refractivity contribution in [1.29, 1.82) is 0 Å². The van der Waals surface area contributed by atoms with Gasteiger partial charge in [-0.1, -0.05) is 28.1 Å². The number of carboxylic acids is 1. The van der Waals surface area contributed by atoms with Crippen LogP contribution in [0, 0.1) is 5.92 Å². The van der Waals surface area contributed by atoms with Crippen molar-refractivity contribution >= 4 is 27.8 Å². The molecule has 0 aliphatic carbocycles. The molecular weight excluding hydrogens is 324 g/mol. The summed E-state index contributed by atoms with van der Waals surface area (Å²) in [6, 6.07) is 6.81. The van der Waals surface area contributed by atoms with Gasteiger partial charge in [-0.25, -0.2) is 0 Å². The predicted molar refractivity (Wildman–Crippen MR) is 78.0 cm³/mol. The molecule has 1 aliphatic rings. The van der Waals surface area contributed by atoms with Crippen molar-refractivity contribution in [2.24, 2.45) is 11.7 Å². The minimum Gasteiger partial charge on any atom is -0.481 e. The van der Waals surface area contributed by atoms with Crippen LogP contribution in [0.3, 0.4) is 0 Å². The number of carbonyl (C=O) groups is 2. The van der Waals surface area contributed by atoms with Gasteiger partial charge < -0.3 is 10.8 Å². The van der Waals surface area contributed by atoms with Gasteiger partial charge in [0.2, 0.25) is 5.91 Å². The van der Waals surface area contributed by atoms with E-state index in [1.807, 2.05) is 29.2 Å². The number of nitrogens with zero attached hydrogens (tertiary/aromatic N) is 1. The van der Waals surface area contributed by atoms with Gasteiger partial charge in [0, 0.05) is 11.0 Å². The van der Waals surface area contributed by atoms with Crippen LogP contribution in [-0.4, -0.2) is 35.0 Å². The fraction of sp³-hybridized carbons (Fsp3) is 0.429. The molecule has 0 bridgehead atoms. The quantitative estimate of drug-likeness (QED) is 0.874. The van der Waals surface area contributed by atoms with E-state index >= 15 is 0 Å². The third-order valence-corrected chi connectivity index (χ3v) is 4.15. The molecule has 0 saturated carbocycles. The van der Waals surface area contributed by atoms with E-state index in [9.17, 15) is 9.59 Å². The second-order valence-corrected chi connectivity index (χ2v) is 5.94. The lowest BCUT2D eigenvalue weighted by Crippen LogP contribution is -2.45. The molecule has 5 nitrogen and oxygen atoms in total. The zero-order valence-electron chi connectivity index (χ0n) is 11.0. The topological polar surface area (TPSA) is 83.6 Å². The van der Waals surface area contributed by atoms with Gasteiger partial charge >= 0.3 is 5.97 Å². The monoisotopic (exact) mass is 340 g/mol. The summed E-state index contributed by atoms with van der Waals surface area (Å²) in [5, 5.41) is 9.13. The standard InChI is InChI=1S/C14H17BrN2O3/c15-11-5-3-9(4-6-11)12(13(16)18)17-7-1-2-10(8-17)14(19)20/h3-6,10,12H,1-2,7-8H2,(H2,16,18)(H,19,20). The molecule has 2 atom stereocenters. The first-order valence-electron chi connectivity index (χ1n) is 6.50. The number of hydrogen-bond donors (Lipinski definition) is 2. The highest BCUT2D eigenvalue weighted by Gasteiger charge is 2.32. The van der Waals surface area contributed by atoms with Crippen LogP contribution in [-0.2, 0) is 9.59 Å². The van der Waals surface area contributed by atoms with Gasteiger partial charge in [0.25, 0.3) is 0 Å². The van der Waals surface area contributed by atoms with Crippen LogP contribution >= 0.6 is 15.9 Å².